The third kappa shape index (κ3) is 3.47. The molecule has 1 atom stereocenters. The van der Waals surface area contributed by atoms with Crippen LogP contribution in [0.3, 0.4) is 0 Å². The van der Waals surface area contributed by atoms with Crippen LogP contribution < -0.4 is 5.32 Å². The highest BCUT2D eigenvalue weighted by atomic mass is 35.5. The van der Waals surface area contributed by atoms with Crippen LogP contribution in [-0.2, 0) is 6.42 Å². The lowest BCUT2D eigenvalue weighted by molar-refractivity contribution is 0.223. The molecule has 1 fully saturated rings. The topological polar surface area (TPSA) is 12.0 Å². The molecule has 0 bridgehead atoms. The van der Waals surface area contributed by atoms with Crippen LogP contribution >= 0.6 is 22.9 Å². The molecule has 90 valence electrons. The summed E-state index contributed by atoms with van der Waals surface area (Å²) in [7, 11) is 0. The van der Waals surface area contributed by atoms with E-state index in [0.717, 1.165) is 22.7 Å². The third-order valence-electron chi connectivity index (χ3n) is 3.35. The van der Waals surface area contributed by atoms with Gasteiger partial charge in [0.1, 0.15) is 0 Å². The molecule has 0 aromatic carbocycles. The molecule has 1 aromatic rings. The molecule has 0 radical (unpaired) electrons. The van der Waals surface area contributed by atoms with E-state index in [1.807, 2.05) is 6.07 Å². The second kappa shape index (κ2) is 5.52. The van der Waals surface area contributed by atoms with Gasteiger partial charge < -0.3 is 5.32 Å². The molecule has 0 spiro atoms. The van der Waals surface area contributed by atoms with E-state index in [1.54, 1.807) is 11.3 Å². The summed E-state index contributed by atoms with van der Waals surface area (Å²) >= 11 is 7.62. The van der Waals surface area contributed by atoms with E-state index >= 15 is 0 Å². The lowest BCUT2D eigenvalue weighted by Crippen LogP contribution is -2.44. The molecular formula is C13H20ClNS. The van der Waals surface area contributed by atoms with E-state index in [2.05, 4.69) is 25.2 Å². The summed E-state index contributed by atoms with van der Waals surface area (Å²) in [5, 5.41) is 3.70. The van der Waals surface area contributed by atoms with Gasteiger partial charge in [-0.05, 0) is 50.7 Å². The standard InChI is InChI=1S/C13H20ClNS/c1-9-7-11(8-9)15-10(2)3-4-12-5-6-13(14)16-12/h5-6,9-11,15H,3-4,7-8H2,1-2H3. The van der Waals surface area contributed by atoms with E-state index < -0.39 is 0 Å². The zero-order valence-electron chi connectivity index (χ0n) is 10.0. The first-order valence-corrected chi connectivity index (χ1v) is 7.33. The summed E-state index contributed by atoms with van der Waals surface area (Å²) in [5.41, 5.74) is 0. The van der Waals surface area contributed by atoms with Crippen LogP contribution in [0, 0.1) is 5.92 Å². The van der Waals surface area contributed by atoms with Crippen LogP contribution in [0.4, 0.5) is 0 Å². The number of nitrogens with one attached hydrogen (secondary N) is 1. The molecule has 1 heterocycles. The molecule has 1 aliphatic carbocycles. The van der Waals surface area contributed by atoms with Crippen LogP contribution in [0.15, 0.2) is 12.1 Å². The van der Waals surface area contributed by atoms with Crippen molar-refractivity contribution in [2.75, 3.05) is 0 Å². The number of hydrogen-bond acceptors (Lipinski definition) is 2. The summed E-state index contributed by atoms with van der Waals surface area (Å²) in [5.74, 6) is 0.931. The summed E-state index contributed by atoms with van der Waals surface area (Å²) in [6, 6.07) is 5.54. The average molecular weight is 258 g/mol. The van der Waals surface area contributed by atoms with Crippen LogP contribution in [0.2, 0.25) is 4.34 Å². The van der Waals surface area contributed by atoms with Crippen molar-refractivity contribution in [1.29, 1.82) is 0 Å². The van der Waals surface area contributed by atoms with Crippen LogP contribution in [-0.4, -0.2) is 12.1 Å². The molecule has 0 saturated heterocycles. The van der Waals surface area contributed by atoms with Gasteiger partial charge in [-0.15, -0.1) is 11.3 Å². The number of rotatable bonds is 5. The van der Waals surface area contributed by atoms with Gasteiger partial charge in [-0.2, -0.15) is 0 Å². The van der Waals surface area contributed by atoms with Gasteiger partial charge in [-0.1, -0.05) is 18.5 Å². The van der Waals surface area contributed by atoms with Crippen LogP contribution in [0.1, 0.15) is 38.0 Å². The highest BCUT2D eigenvalue weighted by Crippen LogP contribution is 2.27. The highest BCUT2D eigenvalue weighted by molar-refractivity contribution is 7.16. The Morgan fingerprint density at radius 3 is 2.81 bits per heavy atom. The minimum Gasteiger partial charge on any atom is -0.311 e. The molecule has 1 nitrogen and oxygen atoms in total. The maximum atomic E-state index is 5.91. The predicted molar refractivity (Wildman–Crippen MR) is 72.4 cm³/mol. The monoisotopic (exact) mass is 257 g/mol. The largest absolute Gasteiger partial charge is 0.311 e. The first-order valence-electron chi connectivity index (χ1n) is 6.13. The normalized spacial score (nSPS) is 26.4. The van der Waals surface area contributed by atoms with E-state index in [1.165, 1.54) is 24.1 Å². The number of hydrogen-bond donors (Lipinski definition) is 1. The Balaban J connectivity index is 1.65. The Kier molecular flexibility index (Phi) is 4.28. The fourth-order valence-electron chi connectivity index (χ4n) is 2.37. The van der Waals surface area contributed by atoms with Crippen molar-refractivity contribution < 1.29 is 0 Å². The molecule has 2 rings (SSSR count). The fraction of sp³-hybridized carbons (Fsp3) is 0.692. The zero-order chi connectivity index (χ0) is 11.5. The molecule has 1 aliphatic rings. The minimum atomic E-state index is 0.623. The lowest BCUT2D eigenvalue weighted by atomic mass is 9.81. The molecule has 1 unspecified atom stereocenters. The molecule has 1 saturated carbocycles. The second-order valence-electron chi connectivity index (χ2n) is 5.09. The predicted octanol–water partition coefficient (Wildman–Crippen LogP) is 4.11. The van der Waals surface area contributed by atoms with Crippen molar-refractivity contribution in [3.05, 3.63) is 21.3 Å². The van der Waals surface area contributed by atoms with E-state index in [-0.39, 0.29) is 0 Å². The Hall–Kier alpha value is -0.0500. The van der Waals surface area contributed by atoms with E-state index in [9.17, 15) is 0 Å². The summed E-state index contributed by atoms with van der Waals surface area (Å²) in [4.78, 5) is 1.40. The van der Waals surface area contributed by atoms with Crippen molar-refractivity contribution in [3.63, 3.8) is 0 Å². The maximum Gasteiger partial charge on any atom is 0.0931 e. The van der Waals surface area contributed by atoms with E-state index in [4.69, 9.17) is 11.6 Å². The van der Waals surface area contributed by atoms with Gasteiger partial charge in [-0.25, -0.2) is 0 Å². The smallest absolute Gasteiger partial charge is 0.0931 e. The summed E-state index contributed by atoms with van der Waals surface area (Å²) in [6.45, 7) is 4.62. The van der Waals surface area contributed by atoms with Gasteiger partial charge in [-0.3, -0.25) is 0 Å². The van der Waals surface area contributed by atoms with Gasteiger partial charge in [0.15, 0.2) is 0 Å². The van der Waals surface area contributed by atoms with Gasteiger partial charge in [0.25, 0.3) is 0 Å². The zero-order valence-corrected chi connectivity index (χ0v) is 11.6. The van der Waals surface area contributed by atoms with Crippen molar-refractivity contribution in [2.24, 2.45) is 5.92 Å². The first-order chi connectivity index (χ1) is 7.63. The summed E-state index contributed by atoms with van der Waals surface area (Å²) < 4.78 is 0.906. The van der Waals surface area contributed by atoms with E-state index in [0.29, 0.717) is 6.04 Å². The van der Waals surface area contributed by atoms with Crippen LogP contribution in [0.5, 0.6) is 0 Å². The first kappa shape index (κ1) is 12.4. The average Bonchev–Trinajstić information content (AvgIpc) is 2.59. The number of halogens is 1. The molecule has 1 aromatic heterocycles. The molecule has 0 amide bonds. The Labute approximate surface area is 107 Å². The quantitative estimate of drug-likeness (QED) is 0.837. The third-order valence-corrected chi connectivity index (χ3v) is 4.64. The Bertz CT molecular complexity index is 330. The Morgan fingerprint density at radius 2 is 2.25 bits per heavy atom. The molecule has 0 aliphatic heterocycles. The number of thiophene rings is 1. The van der Waals surface area contributed by atoms with Gasteiger partial charge in [0.05, 0.1) is 4.34 Å². The lowest BCUT2D eigenvalue weighted by Gasteiger charge is -2.35. The summed E-state index contributed by atoms with van der Waals surface area (Å²) in [6.07, 6.45) is 5.07. The van der Waals surface area contributed by atoms with Gasteiger partial charge >= 0.3 is 0 Å². The maximum absolute atomic E-state index is 5.91. The minimum absolute atomic E-state index is 0.623. The van der Waals surface area contributed by atoms with Crippen molar-refractivity contribution in [3.8, 4) is 0 Å². The second-order valence-corrected chi connectivity index (χ2v) is 6.89. The molecular weight excluding hydrogens is 238 g/mol. The Morgan fingerprint density at radius 1 is 1.50 bits per heavy atom. The van der Waals surface area contributed by atoms with Crippen molar-refractivity contribution in [1.82, 2.24) is 5.32 Å². The molecule has 16 heavy (non-hydrogen) atoms. The van der Waals surface area contributed by atoms with Crippen LogP contribution in [0.25, 0.3) is 0 Å². The molecule has 1 N–H and O–H groups in total. The SMILES string of the molecule is CC1CC(NC(C)CCc2ccc(Cl)s2)C1. The fourth-order valence-corrected chi connectivity index (χ4v) is 3.47. The van der Waals surface area contributed by atoms with Crippen molar-refractivity contribution in [2.45, 2.75) is 51.6 Å². The van der Waals surface area contributed by atoms with Gasteiger partial charge in [0, 0.05) is 17.0 Å². The van der Waals surface area contributed by atoms with Crippen molar-refractivity contribution >= 4 is 22.9 Å². The molecule has 3 heteroatoms. The van der Waals surface area contributed by atoms with Gasteiger partial charge in [0.2, 0.25) is 0 Å². The highest BCUT2D eigenvalue weighted by Gasteiger charge is 2.25. The number of aryl methyl sites for hydroxylation is 1.